The Morgan fingerprint density at radius 1 is 0.781 bits per heavy atom. The Morgan fingerprint density at radius 3 is 1.97 bits per heavy atom. The highest BCUT2D eigenvalue weighted by Gasteiger charge is 2.75. The van der Waals surface area contributed by atoms with Gasteiger partial charge in [0.1, 0.15) is 66.1 Å². The van der Waals surface area contributed by atoms with Crippen molar-refractivity contribution in [2.45, 2.75) is 193 Å². The first-order valence-electron chi connectivity index (χ1n) is 35.3. The molecule has 2 heterocycles. The van der Waals surface area contributed by atoms with Gasteiger partial charge in [0.05, 0.1) is 30.1 Å². The average Bonchev–Trinajstić information content (AvgIpc) is 0.679. The number of piperazine rings is 1. The minimum absolute atomic E-state index is 0.000926. The van der Waals surface area contributed by atoms with Crippen LogP contribution in [0.4, 0.5) is 24.9 Å². The van der Waals surface area contributed by atoms with Gasteiger partial charge in [-0.3, -0.25) is 28.8 Å². The van der Waals surface area contributed by atoms with Gasteiger partial charge in [-0.05, 0) is 93.0 Å². The van der Waals surface area contributed by atoms with Crippen LogP contribution in [0.5, 0.6) is 0 Å². The molecule has 4 fully saturated rings. The number of aliphatic hydroxyl groups is 1. The van der Waals surface area contributed by atoms with E-state index in [4.69, 9.17) is 48.4 Å². The fourth-order valence-electron chi connectivity index (χ4n) is 14.5. The van der Waals surface area contributed by atoms with Crippen molar-refractivity contribution in [1.29, 1.82) is 0 Å². The number of alkyl carbamates (subject to hydrolysis) is 1. The molecule has 0 radical (unpaired) electrons. The van der Waals surface area contributed by atoms with E-state index in [1.54, 1.807) is 142 Å². The molecule has 0 aromatic heterocycles. The quantitative estimate of drug-likeness (QED) is 0.0191. The molecule has 2 bridgehead atoms. The number of urea groups is 1. The van der Waals surface area contributed by atoms with Gasteiger partial charge >= 0.3 is 42.2 Å². The molecular weight excluding hydrogens is 1360 g/mol. The number of carbonyl (C=O) groups excluding carboxylic acids is 12. The number of benzene rings is 3. The van der Waals surface area contributed by atoms with Crippen LogP contribution in [-0.2, 0) is 82.8 Å². The molecule has 2 saturated carbocycles. The Hall–Kier alpha value is -9.52. The smallest absolute Gasteiger partial charge is 0.410 e. The number of fused-ring (bicyclic) bond motifs is 5. The molecule has 3 aromatic carbocycles. The molecule has 0 spiro atoms. The number of Topliss-reactive ketones (excluding diaryl/α,β-unsaturated/α-hetero) is 2. The molecular formula is C75H100N8O22. The van der Waals surface area contributed by atoms with Crippen LogP contribution in [0.15, 0.2) is 96.1 Å². The number of primary amides is 1. The topological polar surface area (TPSA) is 401 Å². The Balaban J connectivity index is 1.01. The number of rotatable bonds is 27. The molecule has 3 aliphatic carbocycles. The van der Waals surface area contributed by atoms with E-state index in [0.717, 1.165) is 0 Å². The zero-order valence-electron chi connectivity index (χ0n) is 61.8. The Morgan fingerprint density at radius 2 is 1.41 bits per heavy atom. The van der Waals surface area contributed by atoms with Crippen molar-refractivity contribution in [3.05, 3.63) is 113 Å². The van der Waals surface area contributed by atoms with Crippen LogP contribution in [0.25, 0.3) is 0 Å². The summed E-state index contributed by atoms with van der Waals surface area (Å²) in [6.45, 7) is 17.0. The van der Waals surface area contributed by atoms with Crippen molar-refractivity contribution in [2.75, 3.05) is 58.9 Å². The Labute approximate surface area is 610 Å². The lowest BCUT2D eigenvalue weighted by molar-refractivity contribution is -0.333. The minimum Gasteiger partial charge on any atom is -0.455 e. The van der Waals surface area contributed by atoms with E-state index in [2.05, 4.69) is 26.6 Å². The first-order valence-corrected chi connectivity index (χ1v) is 35.3. The zero-order valence-corrected chi connectivity index (χ0v) is 61.8. The molecule has 30 nitrogen and oxygen atoms in total. The number of hydrogen-bond acceptors (Lipinski definition) is 22. The minimum atomic E-state index is -2.37. The summed E-state index contributed by atoms with van der Waals surface area (Å²) >= 11 is 0. The van der Waals surface area contributed by atoms with Crippen molar-refractivity contribution in [3.63, 3.8) is 0 Å². The van der Waals surface area contributed by atoms with Crippen molar-refractivity contribution in [2.24, 2.45) is 34.8 Å². The molecule has 8 rings (SSSR count). The number of carbonyl (C=O) groups is 12. The standard InChI is InChI=1S/C75H100N8O22/c1-41(2)50(85)30-31-54(86)80-58(42(3)4)65(89)79-49(25-20-32-77-68(76)92)64(88)78-48-28-26-45(27-29-48)39-99-70(94)82-33-35-83(36-34-82)71(95)102-62(59(46-21-16-14-17-22-46)81-69(93)105-72(7,8)9)67(91)101-52-38-75(96)63(103-66(90)47-23-18-15-19-24-47)57-55(60(87)61(98-13)56(43(52)5)73(75,10)11)51(97-12)37-53-74(57,40-100-53)104-44(6)84/h14-19,21-24,26-29,41-42,49,51-53,55,57-59,61-63,96H,20,25,30-40H2,1-13H3,(H,78,88)(H,79,89)(H,80,86)(H,81,93)(H3,76,77,92)/t49-,51-,52-,53+,55?,57+,58-,59-,61+,62+,63-,74-,75+/m0/s1. The van der Waals surface area contributed by atoms with Crippen LogP contribution in [-0.4, -0.2) is 205 Å². The van der Waals surface area contributed by atoms with Crippen molar-refractivity contribution < 1.29 is 105 Å². The maximum Gasteiger partial charge on any atom is 0.410 e. The van der Waals surface area contributed by atoms with Crippen LogP contribution in [0.3, 0.4) is 0 Å². The lowest BCUT2D eigenvalue weighted by atomic mass is 9.48. The Kier molecular flexibility index (Phi) is 26.7. The number of nitrogens with two attached hydrogens (primary N) is 1. The Bertz CT molecular complexity index is 3710. The lowest BCUT2D eigenvalue weighted by Gasteiger charge is -2.65. The number of nitrogens with one attached hydrogen (secondary N) is 5. The highest BCUT2D eigenvalue weighted by Crippen LogP contribution is 2.61. The SMILES string of the molecule is CO[C@H]1C(=O)C2[C@@H](OC)C[C@H]3OC[C@@]3(OC(C)=O)[C@H]2[C@H](OC(=O)c2ccccc2)[C@]2(O)C[C@H](OC(=O)[C@H](OC(=O)N3CCN(C(=O)OCc4ccc(NC(=O)[C@H](CCCNC(N)=O)NC(=O)[C@@H](NC(=O)CCC(=O)C(C)C)C(C)C)cc4)CC3)[C@@H](NC(=O)OC(C)(C)C)c3ccccc3)C(C)=C1C2(C)C. The van der Waals surface area contributed by atoms with Gasteiger partial charge < -0.3 is 89.9 Å². The average molecular weight is 1470 g/mol. The second-order valence-electron chi connectivity index (χ2n) is 29.4. The van der Waals surface area contributed by atoms with Gasteiger partial charge in [-0.25, -0.2) is 28.8 Å². The van der Waals surface area contributed by atoms with E-state index in [-0.39, 0.29) is 112 Å². The van der Waals surface area contributed by atoms with Crippen molar-refractivity contribution >= 4 is 77.2 Å². The van der Waals surface area contributed by atoms with Crippen LogP contribution < -0.4 is 32.3 Å². The van der Waals surface area contributed by atoms with Gasteiger partial charge in [0.15, 0.2) is 11.4 Å². The van der Waals surface area contributed by atoms with E-state index >= 15 is 9.59 Å². The molecule has 13 atom stereocenters. The first kappa shape index (κ1) is 81.2. The zero-order chi connectivity index (χ0) is 77.0. The number of ketones is 2. The number of ether oxygens (including phenoxy) is 9. The summed E-state index contributed by atoms with van der Waals surface area (Å²) < 4.78 is 55.1. The molecule has 8 N–H and O–H groups in total. The molecule has 2 aliphatic heterocycles. The summed E-state index contributed by atoms with van der Waals surface area (Å²) in [6, 6.07) is 17.8. The van der Waals surface area contributed by atoms with E-state index in [1.807, 2.05) is 0 Å². The van der Waals surface area contributed by atoms with Crippen LogP contribution in [0, 0.1) is 29.1 Å². The maximum atomic E-state index is 15.7. The molecule has 1 unspecified atom stereocenters. The summed E-state index contributed by atoms with van der Waals surface area (Å²) in [7, 11) is 2.70. The molecule has 2 saturated heterocycles. The van der Waals surface area contributed by atoms with Gasteiger partial charge in [0.2, 0.25) is 23.8 Å². The maximum absolute atomic E-state index is 15.7. The molecule has 5 aliphatic rings. The normalized spacial score (nSPS) is 24.4. The molecule has 572 valence electrons. The molecule has 8 amide bonds. The third-order valence-electron chi connectivity index (χ3n) is 20.1. The number of anilines is 1. The largest absolute Gasteiger partial charge is 0.455 e. The predicted octanol–water partition coefficient (Wildman–Crippen LogP) is 6.29. The predicted molar refractivity (Wildman–Crippen MR) is 376 cm³/mol. The monoisotopic (exact) mass is 1460 g/mol. The number of hydrogen-bond donors (Lipinski definition) is 7. The van der Waals surface area contributed by atoms with Crippen molar-refractivity contribution in [1.82, 2.24) is 31.1 Å². The summed E-state index contributed by atoms with van der Waals surface area (Å²) in [4.78, 5) is 168. The summed E-state index contributed by atoms with van der Waals surface area (Å²) in [5.74, 6) is -8.67. The second kappa shape index (κ2) is 34.6. The number of nitrogens with zero attached hydrogens (tertiary/aromatic N) is 2. The highest BCUT2D eigenvalue weighted by atomic mass is 16.6. The third-order valence-corrected chi connectivity index (χ3v) is 20.1. The third kappa shape index (κ3) is 19.1. The fourth-order valence-corrected chi connectivity index (χ4v) is 14.5. The summed E-state index contributed by atoms with van der Waals surface area (Å²) in [5, 5.41) is 27.4. The van der Waals surface area contributed by atoms with Gasteiger partial charge in [0.25, 0.3) is 0 Å². The highest BCUT2D eigenvalue weighted by molar-refractivity contribution is 5.99. The molecule has 105 heavy (non-hydrogen) atoms. The van der Waals surface area contributed by atoms with E-state index in [9.17, 15) is 53.1 Å². The summed E-state index contributed by atoms with van der Waals surface area (Å²) in [5.41, 5.74) is 0.0820. The molecule has 3 aromatic rings. The van der Waals surface area contributed by atoms with E-state index < -0.39 is 167 Å². The van der Waals surface area contributed by atoms with Crippen LogP contribution in [0.2, 0.25) is 0 Å². The van der Waals surface area contributed by atoms with Crippen LogP contribution in [0.1, 0.15) is 142 Å². The summed E-state index contributed by atoms with van der Waals surface area (Å²) in [6.07, 6.45) is -11.8. The number of amides is 8. The lowest BCUT2D eigenvalue weighted by Crippen LogP contribution is -2.79. The van der Waals surface area contributed by atoms with Crippen LogP contribution >= 0.6 is 0 Å². The molecule has 30 heteroatoms. The second-order valence-corrected chi connectivity index (χ2v) is 29.4. The number of methoxy groups -OCH3 is 2. The van der Waals surface area contributed by atoms with Gasteiger partial charge in [-0.2, -0.15) is 0 Å². The first-order chi connectivity index (χ1) is 49.5. The van der Waals surface area contributed by atoms with E-state index in [1.165, 1.54) is 43.1 Å². The van der Waals surface area contributed by atoms with Gasteiger partial charge in [-0.1, -0.05) is 102 Å². The van der Waals surface area contributed by atoms with Crippen molar-refractivity contribution in [3.8, 4) is 0 Å². The number of esters is 3. The van der Waals surface area contributed by atoms with Gasteiger partial charge in [-0.15, -0.1) is 0 Å². The van der Waals surface area contributed by atoms with E-state index in [0.29, 0.717) is 11.3 Å². The fraction of sp³-hybridized carbons (Fsp3) is 0.573. The van der Waals surface area contributed by atoms with Gasteiger partial charge in [0, 0.05) is 96.6 Å².